The highest BCUT2D eigenvalue weighted by molar-refractivity contribution is 7.92. The predicted octanol–water partition coefficient (Wildman–Crippen LogP) is 2.28. The van der Waals surface area contributed by atoms with Crippen LogP contribution in [0, 0.1) is 0 Å². The van der Waals surface area contributed by atoms with Crippen molar-refractivity contribution in [3.8, 4) is 0 Å². The lowest BCUT2D eigenvalue weighted by molar-refractivity contribution is 0.0696. The molecule has 21 heavy (non-hydrogen) atoms. The zero-order chi connectivity index (χ0) is 15.6. The summed E-state index contributed by atoms with van der Waals surface area (Å²) in [6.07, 6.45) is 1.08. The zero-order valence-corrected chi connectivity index (χ0v) is 12.4. The Balaban J connectivity index is 2.44. The largest absolute Gasteiger partial charge is 0.478 e. The van der Waals surface area contributed by atoms with Crippen molar-refractivity contribution in [2.75, 3.05) is 4.72 Å². The first-order valence-corrected chi connectivity index (χ1v) is 7.57. The van der Waals surface area contributed by atoms with E-state index in [9.17, 15) is 13.2 Å². The topological polar surface area (TPSA) is 109 Å². The molecule has 1 heterocycles. The van der Waals surface area contributed by atoms with E-state index in [0.29, 0.717) is 0 Å². The minimum atomic E-state index is -4.11. The average Bonchev–Trinajstić information content (AvgIpc) is 2.38. The van der Waals surface area contributed by atoms with Gasteiger partial charge >= 0.3 is 5.97 Å². The van der Waals surface area contributed by atoms with Gasteiger partial charge < -0.3 is 5.11 Å². The highest BCUT2D eigenvalue weighted by atomic mass is 35.5. The molecule has 10 heteroatoms. The second kappa shape index (κ2) is 5.84. The number of carboxylic acid groups (broad SMARTS) is 1. The minimum Gasteiger partial charge on any atom is -0.478 e. The third kappa shape index (κ3) is 3.60. The summed E-state index contributed by atoms with van der Waals surface area (Å²) >= 11 is 11.4. The number of aromatic nitrogens is 2. The van der Waals surface area contributed by atoms with E-state index in [1.54, 1.807) is 0 Å². The van der Waals surface area contributed by atoms with Gasteiger partial charge in [-0.3, -0.25) is 4.72 Å². The molecule has 1 aromatic heterocycles. The van der Waals surface area contributed by atoms with Crippen LogP contribution in [0.4, 0.5) is 5.82 Å². The number of hydrogen-bond donors (Lipinski definition) is 2. The van der Waals surface area contributed by atoms with Gasteiger partial charge in [-0.1, -0.05) is 23.2 Å². The Morgan fingerprint density at radius 2 is 1.90 bits per heavy atom. The molecule has 2 N–H and O–H groups in total. The van der Waals surface area contributed by atoms with Gasteiger partial charge in [0.25, 0.3) is 10.0 Å². The number of carbonyl (C=O) groups is 1. The molecule has 0 aliphatic carbocycles. The number of aromatic carboxylic acids is 1. The highest BCUT2D eigenvalue weighted by Crippen LogP contribution is 2.25. The molecule has 0 spiro atoms. The summed E-state index contributed by atoms with van der Waals surface area (Å²) in [5.41, 5.74) is -0.208. The van der Waals surface area contributed by atoms with Gasteiger partial charge in [0.15, 0.2) is 0 Å². The minimum absolute atomic E-state index is 0.0492. The van der Waals surface area contributed by atoms with E-state index < -0.39 is 16.0 Å². The Kier molecular flexibility index (Phi) is 4.31. The summed E-state index contributed by atoms with van der Waals surface area (Å²) in [6.45, 7) is 0. The van der Waals surface area contributed by atoms with E-state index in [-0.39, 0.29) is 26.5 Å². The average molecular weight is 348 g/mol. The Hall–Kier alpha value is -1.90. The summed E-state index contributed by atoms with van der Waals surface area (Å²) < 4.78 is 26.6. The van der Waals surface area contributed by atoms with Crippen molar-refractivity contribution < 1.29 is 18.3 Å². The van der Waals surface area contributed by atoms with Crippen LogP contribution in [0.1, 0.15) is 10.4 Å². The van der Waals surface area contributed by atoms with Crippen molar-refractivity contribution in [3.05, 3.63) is 46.3 Å². The zero-order valence-electron chi connectivity index (χ0n) is 10.1. The highest BCUT2D eigenvalue weighted by Gasteiger charge is 2.21. The second-order valence-electron chi connectivity index (χ2n) is 3.78. The Morgan fingerprint density at radius 3 is 2.52 bits per heavy atom. The number of carboxylic acids is 1. The predicted molar refractivity (Wildman–Crippen MR) is 76.3 cm³/mol. The lowest BCUT2D eigenvalue weighted by Gasteiger charge is -2.09. The molecule has 0 aliphatic rings. The van der Waals surface area contributed by atoms with Gasteiger partial charge in [0.2, 0.25) is 0 Å². The molecule has 0 unspecified atom stereocenters. The lowest BCUT2D eigenvalue weighted by Crippen LogP contribution is -2.15. The van der Waals surface area contributed by atoms with Crippen LogP contribution in [0.3, 0.4) is 0 Å². The van der Waals surface area contributed by atoms with Gasteiger partial charge in [-0.2, -0.15) is 0 Å². The van der Waals surface area contributed by atoms with Crippen LogP contribution in [-0.2, 0) is 10.0 Å². The molecule has 0 aliphatic heterocycles. The van der Waals surface area contributed by atoms with E-state index in [2.05, 4.69) is 14.7 Å². The molecule has 7 nitrogen and oxygen atoms in total. The smallest absolute Gasteiger partial charge is 0.335 e. The maximum absolute atomic E-state index is 12.2. The van der Waals surface area contributed by atoms with Crippen molar-refractivity contribution in [1.29, 1.82) is 0 Å². The summed E-state index contributed by atoms with van der Waals surface area (Å²) in [5, 5.41) is 8.83. The van der Waals surface area contributed by atoms with Gasteiger partial charge in [0.1, 0.15) is 22.2 Å². The lowest BCUT2D eigenvalue weighted by atomic mass is 10.2. The van der Waals surface area contributed by atoms with Crippen LogP contribution in [-0.4, -0.2) is 29.5 Å². The molecule has 0 radical (unpaired) electrons. The molecule has 0 saturated heterocycles. The van der Waals surface area contributed by atoms with Gasteiger partial charge in [-0.25, -0.2) is 23.2 Å². The molecule has 0 fully saturated rings. The van der Waals surface area contributed by atoms with Gasteiger partial charge in [0, 0.05) is 6.07 Å². The second-order valence-corrected chi connectivity index (χ2v) is 6.23. The Morgan fingerprint density at radius 1 is 1.19 bits per heavy atom. The van der Waals surface area contributed by atoms with Crippen LogP contribution in [0.5, 0.6) is 0 Å². The summed E-state index contributed by atoms with van der Waals surface area (Å²) in [6, 6.07) is 4.54. The van der Waals surface area contributed by atoms with E-state index >= 15 is 0 Å². The van der Waals surface area contributed by atoms with Crippen LogP contribution < -0.4 is 4.72 Å². The standard InChI is InChI=1S/C11H7Cl2N3O4S/c12-7-2-1-6(11(17)18)3-8(7)21(19,20)16-10-4-9(13)14-5-15-10/h1-5H,(H,17,18)(H,14,15,16). The molecular weight excluding hydrogens is 341 g/mol. The number of hydrogen-bond acceptors (Lipinski definition) is 5. The maximum Gasteiger partial charge on any atom is 0.335 e. The monoisotopic (exact) mass is 347 g/mol. The number of benzene rings is 1. The van der Waals surface area contributed by atoms with Crippen molar-refractivity contribution in [2.24, 2.45) is 0 Å². The first-order chi connectivity index (χ1) is 9.79. The molecule has 0 atom stereocenters. The fraction of sp³-hybridized carbons (Fsp3) is 0. The number of sulfonamides is 1. The van der Waals surface area contributed by atoms with Crippen LogP contribution in [0.25, 0.3) is 0 Å². The molecule has 0 bridgehead atoms. The van der Waals surface area contributed by atoms with Crippen LogP contribution >= 0.6 is 23.2 Å². The molecular formula is C11H7Cl2N3O4S. The molecule has 1 aromatic carbocycles. The van der Waals surface area contributed by atoms with Crippen molar-refractivity contribution in [2.45, 2.75) is 4.90 Å². The number of nitrogens with one attached hydrogen (secondary N) is 1. The number of anilines is 1. The van der Waals surface area contributed by atoms with Crippen molar-refractivity contribution in [1.82, 2.24) is 9.97 Å². The molecule has 0 saturated carbocycles. The molecule has 2 rings (SSSR count). The molecule has 110 valence electrons. The summed E-state index contributed by atoms with van der Waals surface area (Å²) in [5.74, 6) is -1.33. The van der Waals surface area contributed by atoms with E-state index in [1.807, 2.05) is 0 Å². The normalized spacial score (nSPS) is 11.1. The maximum atomic E-state index is 12.2. The van der Waals surface area contributed by atoms with Gasteiger partial charge in [-0.05, 0) is 18.2 Å². The van der Waals surface area contributed by atoms with E-state index in [4.69, 9.17) is 28.3 Å². The van der Waals surface area contributed by atoms with Crippen molar-refractivity contribution in [3.63, 3.8) is 0 Å². The number of halogens is 2. The fourth-order valence-corrected chi connectivity index (χ4v) is 3.10. The summed E-state index contributed by atoms with van der Waals surface area (Å²) in [4.78, 5) is 17.8. The first-order valence-electron chi connectivity index (χ1n) is 5.33. The number of nitrogens with zero attached hydrogens (tertiary/aromatic N) is 2. The summed E-state index contributed by atoms with van der Waals surface area (Å²) in [7, 11) is -4.11. The Bertz CT molecular complexity index is 811. The van der Waals surface area contributed by atoms with Crippen LogP contribution in [0.2, 0.25) is 10.2 Å². The molecule has 2 aromatic rings. The third-order valence-electron chi connectivity index (χ3n) is 2.34. The van der Waals surface area contributed by atoms with Crippen molar-refractivity contribution >= 4 is 45.0 Å². The fourth-order valence-electron chi connectivity index (χ4n) is 1.42. The Labute approximate surface area is 129 Å². The van der Waals surface area contributed by atoms with Crippen LogP contribution in [0.15, 0.2) is 35.5 Å². The first kappa shape index (κ1) is 15.5. The van der Waals surface area contributed by atoms with Gasteiger partial charge in [0.05, 0.1) is 10.6 Å². The SMILES string of the molecule is O=C(O)c1ccc(Cl)c(S(=O)(=O)Nc2cc(Cl)ncn2)c1. The quantitative estimate of drug-likeness (QED) is 0.821. The molecule has 0 amide bonds. The third-order valence-corrected chi connectivity index (χ3v) is 4.38. The van der Waals surface area contributed by atoms with E-state index in [0.717, 1.165) is 12.4 Å². The number of rotatable bonds is 4. The van der Waals surface area contributed by atoms with E-state index in [1.165, 1.54) is 18.2 Å². The van der Waals surface area contributed by atoms with Gasteiger partial charge in [-0.15, -0.1) is 0 Å².